The van der Waals surface area contributed by atoms with Gasteiger partial charge in [0.15, 0.2) is 0 Å². The van der Waals surface area contributed by atoms with Crippen LogP contribution < -0.4 is 16.0 Å². The summed E-state index contributed by atoms with van der Waals surface area (Å²) in [5.74, 6) is 1.32. The fraction of sp³-hybridized carbons (Fsp3) is 0.421. The van der Waals surface area contributed by atoms with Crippen molar-refractivity contribution in [1.29, 1.82) is 0 Å². The number of alkyl carbamates (subject to hydrolysis) is 2. The number of hydrogen-bond acceptors (Lipinski definition) is 7. The van der Waals surface area contributed by atoms with Crippen molar-refractivity contribution in [1.82, 2.24) is 25.1 Å². The van der Waals surface area contributed by atoms with Crippen LogP contribution in [-0.2, 0) is 34.0 Å². The highest BCUT2D eigenvalue weighted by atomic mass is 19.1. The van der Waals surface area contributed by atoms with Crippen LogP contribution in [0, 0.1) is 11.7 Å². The molecule has 0 fully saturated rings. The van der Waals surface area contributed by atoms with Crippen LogP contribution in [0.4, 0.5) is 19.8 Å². The van der Waals surface area contributed by atoms with Crippen molar-refractivity contribution in [3.8, 4) is 11.3 Å². The number of rotatable bonds is 12. The van der Waals surface area contributed by atoms with Crippen molar-refractivity contribution >= 4 is 23.9 Å². The Morgan fingerprint density at radius 2 is 1.78 bits per heavy atom. The zero-order chi connectivity index (χ0) is 35.7. The predicted molar refractivity (Wildman–Crippen MR) is 189 cm³/mol. The van der Waals surface area contributed by atoms with Crippen molar-refractivity contribution in [3.63, 3.8) is 0 Å². The first-order chi connectivity index (χ1) is 23.9. The van der Waals surface area contributed by atoms with E-state index < -0.39 is 23.8 Å². The number of allylic oxidation sites excluding steroid dienone is 3. The number of nitrogens with zero attached hydrogens (tertiary/aromatic N) is 3. The third-order valence-corrected chi connectivity index (χ3v) is 8.37. The molecule has 1 unspecified atom stereocenters. The summed E-state index contributed by atoms with van der Waals surface area (Å²) >= 11 is 0. The molecule has 3 aromatic rings. The third kappa shape index (κ3) is 10.2. The summed E-state index contributed by atoms with van der Waals surface area (Å²) in [6.07, 6.45) is 7.54. The van der Waals surface area contributed by atoms with E-state index in [0.717, 1.165) is 29.1 Å². The number of anilines is 1. The van der Waals surface area contributed by atoms with E-state index in [4.69, 9.17) is 14.5 Å². The number of aromatic nitrogens is 2. The molecule has 0 saturated carbocycles. The normalized spacial score (nSPS) is 16.1. The molecule has 0 radical (unpaired) electrons. The molecular formula is C38H47FN6O5. The largest absolute Gasteiger partial charge is 0.445 e. The van der Waals surface area contributed by atoms with Gasteiger partial charge in [0.1, 0.15) is 41.4 Å². The molecule has 1 aliphatic carbocycles. The Morgan fingerprint density at radius 1 is 1.02 bits per heavy atom. The monoisotopic (exact) mass is 686 g/mol. The summed E-state index contributed by atoms with van der Waals surface area (Å²) in [4.78, 5) is 45.7. The summed E-state index contributed by atoms with van der Waals surface area (Å²) in [5, 5.41) is 9.06. The fourth-order valence-corrected chi connectivity index (χ4v) is 5.77. The number of amides is 3. The van der Waals surface area contributed by atoms with Gasteiger partial charge in [0.05, 0.1) is 6.54 Å². The summed E-state index contributed by atoms with van der Waals surface area (Å²) < 4.78 is 26.7. The lowest BCUT2D eigenvalue weighted by atomic mass is 10.0. The summed E-state index contributed by atoms with van der Waals surface area (Å²) in [6, 6.07) is 14.7. The molecule has 2 aromatic carbocycles. The lowest BCUT2D eigenvalue weighted by Gasteiger charge is -2.32. The maximum absolute atomic E-state index is 14.0. The van der Waals surface area contributed by atoms with Crippen LogP contribution in [0.25, 0.3) is 11.3 Å². The van der Waals surface area contributed by atoms with E-state index >= 15 is 0 Å². The minimum Gasteiger partial charge on any atom is -0.445 e. The highest BCUT2D eigenvalue weighted by molar-refractivity contribution is 5.86. The quantitative estimate of drug-likeness (QED) is 0.177. The predicted octanol–water partition coefficient (Wildman–Crippen LogP) is 6.91. The minimum atomic E-state index is -0.852. The van der Waals surface area contributed by atoms with Crippen LogP contribution in [0.3, 0.4) is 0 Å². The van der Waals surface area contributed by atoms with Gasteiger partial charge in [0.2, 0.25) is 5.91 Å². The summed E-state index contributed by atoms with van der Waals surface area (Å²) in [6.45, 7) is 9.06. The molecule has 2 heterocycles. The first-order valence-corrected chi connectivity index (χ1v) is 17.2. The zero-order valence-corrected chi connectivity index (χ0v) is 29.2. The number of nitrogens with one attached hydrogen (secondary N) is 3. The van der Waals surface area contributed by atoms with Gasteiger partial charge in [-0.25, -0.2) is 19.0 Å². The van der Waals surface area contributed by atoms with Gasteiger partial charge < -0.3 is 34.9 Å². The van der Waals surface area contributed by atoms with Crippen LogP contribution in [0.15, 0.2) is 78.5 Å². The molecular weight excluding hydrogens is 639 g/mol. The Labute approximate surface area is 292 Å². The highest BCUT2D eigenvalue weighted by Gasteiger charge is 2.32. The number of carbonyl (C=O) groups excluding carboxylic acids is 3. The van der Waals surface area contributed by atoms with E-state index in [0.29, 0.717) is 56.3 Å². The molecule has 11 nitrogen and oxygen atoms in total. The maximum atomic E-state index is 14.0. The molecule has 12 heteroatoms. The highest BCUT2D eigenvalue weighted by Crippen LogP contribution is 2.33. The molecule has 3 amide bonds. The Kier molecular flexibility index (Phi) is 11.9. The number of benzene rings is 2. The minimum absolute atomic E-state index is 0.0705. The Morgan fingerprint density at radius 3 is 2.48 bits per heavy atom. The molecule has 0 bridgehead atoms. The first kappa shape index (κ1) is 36.2. The van der Waals surface area contributed by atoms with E-state index in [1.54, 1.807) is 37.8 Å². The lowest BCUT2D eigenvalue weighted by molar-refractivity contribution is -0.135. The van der Waals surface area contributed by atoms with Crippen LogP contribution >= 0.6 is 0 Å². The molecule has 50 heavy (non-hydrogen) atoms. The number of carbonyl (C=O) groups is 3. The van der Waals surface area contributed by atoms with Gasteiger partial charge in [0.25, 0.3) is 0 Å². The fourth-order valence-electron chi connectivity index (χ4n) is 5.77. The molecule has 1 aliphatic heterocycles. The molecule has 266 valence electrons. The van der Waals surface area contributed by atoms with Crippen LogP contribution in [0.1, 0.15) is 64.8 Å². The number of unbranched alkanes of at least 4 members (excludes halogenated alkanes) is 1. The van der Waals surface area contributed by atoms with E-state index in [1.165, 1.54) is 12.1 Å². The van der Waals surface area contributed by atoms with Gasteiger partial charge >= 0.3 is 12.2 Å². The Hall–Kier alpha value is -5.13. The first-order valence-electron chi connectivity index (χ1n) is 17.2. The second-order valence-electron chi connectivity index (χ2n) is 13.7. The van der Waals surface area contributed by atoms with Crippen LogP contribution in [0.5, 0.6) is 0 Å². The average molecular weight is 687 g/mol. The van der Waals surface area contributed by atoms with Crippen molar-refractivity contribution in [2.45, 2.75) is 84.7 Å². The number of ether oxygens (including phenoxy) is 2. The van der Waals surface area contributed by atoms with E-state index in [9.17, 15) is 18.8 Å². The van der Waals surface area contributed by atoms with E-state index in [1.807, 2.05) is 30.3 Å². The number of hydrogen-bond donors (Lipinski definition) is 3. The molecule has 2 atom stereocenters. The van der Waals surface area contributed by atoms with Crippen molar-refractivity contribution in [2.24, 2.45) is 5.92 Å². The zero-order valence-electron chi connectivity index (χ0n) is 29.2. The Balaban J connectivity index is 1.29. The van der Waals surface area contributed by atoms with E-state index in [2.05, 4.69) is 45.7 Å². The summed E-state index contributed by atoms with van der Waals surface area (Å²) in [7, 11) is 0. The van der Waals surface area contributed by atoms with Gasteiger partial charge in [-0.2, -0.15) is 0 Å². The molecule has 5 rings (SSSR count). The topological polar surface area (TPSA) is 127 Å². The SMILES string of the molecule is CC1C=CC(Nc2c(-c3ccc(F)cc3)nc3n2CCN(C(=O)[C@H](CCCCNC(=O)OC(C)(C)C)NC(=O)OCc2ccccc2)C3)=CC1. The number of imidazole rings is 1. The average Bonchev–Trinajstić information content (AvgIpc) is 3.44. The second-order valence-corrected chi connectivity index (χ2v) is 13.7. The number of fused-ring (bicyclic) bond motifs is 1. The van der Waals surface area contributed by atoms with Gasteiger partial charge in [-0.05, 0) is 88.3 Å². The molecule has 0 saturated heterocycles. The lowest BCUT2D eigenvalue weighted by Crippen LogP contribution is -2.50. The van der Waals surface area contributed by atoms with Gasteiger partial charge in [-0.1, -0.05) is 49.4 Å². The Bertz CT molecular complexity index is 1700. The van der Waals surface area contributed by atoms with Crippen molar-refractivity contribution in [2.75, 3.05) is 18.4 Å². The molecule has 2 aliphatic rings. The van der Waals surface area contributed by atoms with Crippen molar-refractivity contribution in [3.05, 3.63) is 95.7 Å². The van der Waals surface area contributed by atoms with Gasteiger partial charge in [0, 0.05) is 30.9 Å². The molecule has 1 aromatic heterocycles. The second kappa shape index (κ2) is 16.5. The van der Waals surface area contributed by atoms with Gasteiger partial charge in [-0.3, -0.25) is 4.79 Å². The van der Waals surface area contributed by atoms with Crippen LogP contribution in [0.2, 0.25) is 0 Å². The molecule has 3 N–H and O–H groups in total. The van der Waals surface area contributed by atoms with Crippen LogP contribution in [-0.4, -0.2) is 57.3 Å². The summed E-state index contributed by atoms with van der Waals surface area (Å²) in [5.41, 5.74) is 2.60. The van der Waals surface area contributed by atoms with Crippen molar-refractivity contribution < 1.29 is 28.2 Å². The number of halogens is 1. The maximum Gasteiger partial charge on any atom is 0.408 e. The van der Waals surface area contributed by atoms with Gasteiger partial charge in [-0.15, -0.1) is 0 Å². The smallest absolute Gasteiger partial charge is 0.408 e. The van der Waals surface area contributed by atoms with E-state index in [-0.39, 0.29) is 24.9 Å². The standard InChI is InChI=1S/C38H47FN6O5/c1-26-13-19-30(20-14-26)41-34-33(28-15-17-29(39)18-16-28)43-32-24-44(22-23-45(32)34)35(46)31(12-8-9-21-40-36(47)50-38(2,3)4)42-37(48)49-25-27-10-6-5-7-11-27/h5-7,10-11,13,15-20,26,31,41H,8-9,12,14,21-25H2,1-4H3,(H,40,47)(H,42,48)/t26?,31-/m0/s1. The molecule has 0 spiro atoms. The third-order valence-electron chi connectivity index (χ3n) is 8.37.